The number of nitrogens with zero attached hydrogens (tertiary/aromatic N) is 1. The summed E-state index contributed by atoms with van der Waals surface area (Å²) >= 11 is 0. The Morgan fingerprint density at radius 1 is 0.923 bits per heavy atom. The van der Waals surface area contributed by atoms with E-state index in [9.17, 15) is 9.59 Å². The van der Waals surface area contributed by atoms with E-state index < -0.39 is 11.9 Å². The van der Waals surface area contributed by atoms with Crippen LogP contribution in [0.25, 0.3) is 0 Å². The first-order valence-electron chi connectivity index (χ1n) is 9.95. The van der Waals surface area contributed by atoms with Gasteiger partial charge in [0, 0.05) is 13.1 Å². The quantitative estimate of drug-likeness (QED) is 0.270. The summed E-state index contributed by atoms with van der Waals surface area (Å²) in [5.41, 5.74) is 0. The van der Waals surface area contributed by atoms with E-state index in [1.165, 1.54) is 43.4 Å². The molecule has 0 aliphatic heterocycles. The maximum absolute atomic E-state index is 12.4. The Morgan fingerprint density at radius 3 is 1.96 bits per heavy atom. The van der Waals surface area contributed by atoms with Gasteiger partial charge in [-0.3, -0.25) is 9.59 Å². The van der Waals surface area contributed by atoms with Crippen LogP contribution >= 0.6 is 0 Å². The number of aliphatic hydroxyl groups is 2. The highest BCUT2D eigenvalue weighted by molar-refractivity contribution is 5.84. The van der Waals surface area contributed by atoms with Crippen LogP contribution in [0.4, 0.5) is 0 Å². The van der Waals surface area contributed by atoms with Crippen molar-refractivity contribution in [1.82, 2.24) is 4.90 Å². The Kier molecular flexibility index (Phi) is 16.1. The third-order valence-corrected chi connectivity index (χ3v) is 4.36. The van der Waals surface area contributed by atoms with E-state index in [-0.39, 0.29) is 38.6 Å². The van der Waals surface area contributed by atoms with Crippen LogP contribution in [-0.4, -0.2) is 58.4 Å². The first kappa shape index (κ1) is 24.6. The van der Waals surface area contributed by atoms with Gasteiger partial charge in [0.15, 0.2) is 0 Å². The molecule has 3 N–H and O–H groups in total. The smallest absolute Gasteiger partial charge is 0.304 e. The Labute approximate surface area is 157 Å². The lowest BCUT2D eigenvalue weighted by Crippen LogP contribution is -2.40. The molecule has 1 unspecified atom stereocenters. The largest absolute Gasteiger partial charge is 0.481 e. The monoisotopic (exact) mass is 371 g/mol. The summed E-state index contributed by atoms with van der Waals surface area (Å²) in [4.78, 5) is 24.8. The van der Waals surface area contributed by atoms with Gasteiger partial charge < -0.3 is 20.2 Å². The minimum Gasteiger partial charge on any atom is -0.481 e. The zero-order valence-electron chi connectivity index (χ0n) is 16.2. The number of carboxylic acid groups (broad SMARTS) is 1. The van der Waals surface area contributed by atoms with Crippen LogP contribution in [0.1, 0.15) is 71.1 Å². The number of allylic oxidation sites excluding steroid dienone is 1. The average Bonchev–Trinajstić information content (AvgIpc) is 2.61. The number of hydrogen-bond acceptors (Lipinski definition) is 4. The fraction of sp³-hybridized carbons (Fsp3) is 0.800. The Balaban J connectivity index is 4.28. The average molecular weight is 372 g/mol. The lowest BCUT2D eigenvalue weighted by atomic mass is 10.0. The van der Waals surface area contributed by atoms with Gasteiger partial charge in [-0.1, -0.05) is 64.0 Å². The number of rotatable bonds is 17. The maximum Gasteiger partial charge on any atom is 0.304 e. The molecule has 0 heterocycles. The van der Waals surface area contributed by atoms with Crippen molar-refractivity contribution < 1.29 is 24.9 Å². The normalized spacial score (nSPS) is 12.4. The molecule has 0 bridgehead atoms. The predicted molar refractivity (Wildman–Crippen MR) is 103 cm³/mol. The maximum atomic E-state index is 12.4. The molecule has 152 valence electrons. The molecule has 6 nitrogen and oxygen atoms in total. The minimum absolute atomic E-state index is 0.0986. The van der Waals surface area contributed by atoms with Gasteiger partial charge in [-0.15, -0.1) is 0 Å². The highest BCUT2D eigenvalue weighted by Gasteiger charge is 2.23. The lowest BCUT2D eigenvalue weighted by Gasteiger charge is -2.24. The number of amides is 1. The van der Waals surface area contributed by atoms with E-state index in [0.29, 0.717) is 0 Å². The van der Waals surface area contributed by atoms with Crippen LogP contribution in [0, 0.1) is 5.92 Å². The van der Waals surface area contributed by atoms with Crippen molar-refractivity contribution in [2.75, 3.05) is 26.3 Å². The van der Waals surface area contributed by atoms with Crippen LogP contribution in [-0.2, 0) is 9.59 Å². The van der Waals surface area contributed by atoms with E-state index in [2.05, 4.69) is 6.92 Å². The zero-order valence-corrected chi connectivity index (χ0v) is 16.2. The summed E-state index contributed by atoms with van der Waals surface area (Å²) in [5.74, 6) is -2.14. The summed E-state index contributed by atoms with van der Waals surface area (Å²) in [7, 11) is 0. The van der Waals surface area contributed by atoms with Gasteiger partial charge in [0.2, 0.25) is 5.91 Å². The Morgan fingerprint density at radius 2 is 1.46 bits per heavy atom. The van der Waals surface area contributed by atoms with Crippen LogP contribution < -0.4 is 0 Å². The van der Waals surface area contributed by atoms with Gasteiger partial charge in [-0.2, -0.15) is 0 Å². The molecule has 0 spiro atoms. The molecule has 0 aromatic heterocycles. The van der Waals surface area contributed by atoms with Gasteiger partial charge in [0.25, 0.3) is 0 Å². The molecule has 0 aliphatic carbocycles. The van der Waals surface area contributed by atoms with Crippen LogP contribution in [0.3, 0.4) is 0 Å². The molecule has 26 heavy (non-hydrogen) atoms. The Bertz CT molecular complexity index is 392. The molecule has 0 radical (unpaired) electrons. The van der Waals surface area contributed by atoms with Crippen molar-refractivity contribution in [2.45, 2.75) is 71.1 Å². The highest BCUT2D eigenvalue weighted by atomic mass is 16.4. The molecule has 6 heteroatoms. The molecule has 1 amide bonds. The SMILES string of the molecule is CCCCCCCCCCC=CC(CC(=O)O)C(=O)N(CCO)CCO. The van der Waals surface area contributed by atoms with Crippen molar-refractivity contribution in [3.63, 3.8) is 0 Å². The molecule has 0 aromatic rings. The summed E-state index contributed by atoms with van der Waals surface area (Å²) in [6.07, 6.45) is 14.0. The van der Waals surface area contributed by atoms with Gasteiger partial charge in [-0.25, -0.2) is 0 Å². The molecule has 0 rings (SSSR count). The number of carbonyl (C=O) groups is 2. The van der Waals surface area contributed by atoms with E-state index >= 15 is 0 Å². The molecule has 1 atom stereocenters. The number of carbonyl (C=O) groups excluding carboxylic acids is 1. The van der Waals surface area contributed by atoms with E-state index in [1.54, 1.807) is 6.08 Å². The van der Waals surface area contributed by atoms with Gasteiger partial charge in [-0.05, 0) is 12.8 Å². The number of aliphatic hydroxyl groups excluding tert-OH is 2. The third kappa shape index (κ3) is 12.9. The summed E-state index contributed by atoms with van der Waals surface area (Å²) < 4.78 is 0. The predicted octanol–water partition coefficient (Wildman–Crippen LogP) is 2.98. The number of hydrogen-bond donors (Lipinski definition) is 3. The number of carboxylic acids is 1. The van der Waals surface area contributed by atoms with Crippen molar-refractivity contribution in [1.29, 1.82) is 0 Å². The lowest BCUT2D eigenvalue weighted by molar-refractivity contribution is -0.143. The first-order chi connectivity index (χ1) is 12.6. The summed E-state index contributed by atoms with van der Waals surface area (Å²) in [5, 5.41) is 27.1. The van der Waals surface area contributed by atoms with Crippen LogP contribution in [0.2, 0.25) is 0 Å². The van der Waals surface area contributed by atoms with E-state index in [4.69, 9.17) is 15.3 Å². The molecule has 0 aromatic carbocycles. The molecule has 0 aliphatic rings. The second-order valence-corrected chi connectivity index (χ2v) is 6.67. The van der Waals surface area contributed by atoms with Crippen LogP contribution in [0.15, 0.2) is 12.2 Å². The van der Waals surface area contributed by atoms with Gasteiger partial charge >= 0.3 is 5.97 Å². The van der Waals surface area contributed by atoms with Crippen molar-refractivity contribution in [3.05, 3.63) is 12.2 Å². The molecular formula is C20H37NO5. The van der Waals surface area contributed by atoms with Gasteiger partial charge in [0.05, 0.1) is 25.6 Å². The fourth-order valence-corrected chi connectivity index (χ4v) is 2.89. The van der Waals surface area contributed by atoms with Crippen LogP contribution in [0.5, 0.6) is 0 Å². The summed E-state index contributed by atoms with van der Waals surface area (Å²) in [6.45, 7) is 1.98. The standard InChI is InChI=1S/C20H37NO5/c1-2-3-4-5-6-7-8-9-10-11-12-18(17-19(24)25)20(26)21(13-15-22)14-16-23/h11-12,18,22-23H,2-10,13-17H2,1H3,(H,24,25). The molecular weight excluding hydrogens is 334 g/mol. The van der Waals surface area contributed by atoms with Crippen molar-refractivity contribution in [3.8, 4) is 0 Å². The number of unbranched alkanes of at least 4 members (excludes halogenated alkanes) is 8. The zero-order chi connectivity index (χ0) is 19.6. The first-order valence-corrected chi connectivity index (χ1v) is 9.95. The van der Waals surface area contributed by atoms with Crippen molar-refractivity contribution in [2.24, 2.45) is 5.92 Å². The topological polar surface area (TPSA) is 98.1 Å². The third-order valence-electron chi connectivity index (χ3n) is 4.36. The molecule has 0 saturated heterocycles. The highest BCUT2D eigenvalue weighted by Crippen LogP contribution is 2.13. The summed E-state index contributed by atoms with van der Waals surface area (Å²) in [6, 6.07) is 0. The molecule has 0 saturated carbocycles. The van der Waals surface area contributed by atoms with Gasteiger partial charge in [0.1, 0.15) is 0 Å². The molecule has 0 fully saturated rings. The van der Waals surface area contributed by atoms with Crippen molar-refractivity contribution >= 4 is 11.9 Å². The number of aliphatic carboxylic acids is 1. The fourth-order valence-electron chi connectivity index (χ4n) is 2.89. The second kappa shape index (κ2) is 17.0. The van der Waals surface area contributed by atoms with E-state index in [0.717, 1.165) is 19.3 Å². The second-order valence-electron chi connectivity index (χ2n) is 6.67. The van der Waals surface area contributed by atoms with E-state index in [1.807, 2.05) is 6.08 Å². The minimum atomic E-state index is -1.03. The Hall–Kier alpha value is -1.40.